The molecular formula is C17H15BrN2O3S. The van der Waals surface area contributed by atoms with Gasteiger partial charge in [0.1, 0.15) is 10.6 Å². The molecule has 0 bridgehead atoms. The molecule has 0 amide bonds. The summed E-state index contributed by atoms with van der Waals surface area (Å²) < 4.78 is 2.06. The summed E-state index contributed by atoms with van der Waals surface area (Å²) in [5.74, 6) is -0.0592. The molecule has 1 N–H and O–H groups in total. The summed E-state index contributed by atoms with van der Waals surface area (Å²) in [5, 5.41) is 0.503. The van der Waals surface area contributed by atoms with Crippen LogP contribution in [0.15, 0.2) is 38.3 Å². The van der Waals surface area contributed by atoms with Gasteiger partial charge >= 0.3 is 5.69 Å². The van der Waals surface area contributed by atoms with E-state index in [1.54, 1.807) is 0 Å². The quantitative estimate of drug-likeness (QED) is 0.720. The maximum absolute atomic E-state index is 12.9. The Hall–Kier alpha value is -1.99. The van der Waals surface area contributed by atoms with E-state index >= 15 is 0 Å². The molecule has 3 rings (SSSR count). The van der Waals surface area contributed by atoms with Gasteiger partial charge in [-0.05, 0) is 31.5 Å². The molecule has 0 unspecified atom stereocenters. The molecule has 7 heteroatoms. The number of Topliss-reactive ketones (excluding diaryl/α,β-unsaturated/α-hetero) is 1. The highest BCUT2D eigenvalue weighted by atomic mass is 79.9. The number of nitrogens with one attached hydrogen (secondary N) is 1. The lowest BCUT2D eigenvalue weighted by Crippen LogP contribution is -2.35. The van der Waals surface area contributed by atoms with Crippen molar-refractivity contribution in [1.29, 1.82) is 0 Å². The van der Waals surface area contributed by atoms with Crippen LogP contribution in [0.3, 0.4) is 0 Å². The zero-order valence-electron chi connectivity index (χ0n) is 13.2. The van der Waals surface area contributed by atoms with Crippen LogP contribution < -0.4 is 11.2 Å². The summed E-state index contributed by atoms with van der Waals surface area (Å²) in [6.45, 7) is 3.47. The fraction of sp³-hybridized carbons (Fsp3) is 0.235. The van der Waals surface area contributed by atoms with Gasteiger partial charge in [0.05, 0.1) is 5.39 Å². The van der Waals surface area contributed by atoms with E-state index in [0.717, 1.165) is 25.0 Å². The monoisotopic (exact) mass is 406 g/mol. The number of carbonyl (C=O) groups is 1. The van der Waals surface area contributed by atoms with Crippen LogP contribution >= 0.6 is 27.3 Å². The van der Waals surface area contributed by atoms with Crippen molar-refractivity contribution in [2.24, 2.45) is 0 Å². The summed E-state index contributed by atoms with van der Waals surface area (Å²) in [4.78, 5) is 40.5. The van der Waals surface area contributed by atoms with Crippen molar-refractivity contribution in [3.05, 3.63) is 54.5 Å². The van der Waals surface area contributed by atoms with E-state index in [-0.39, 0.29) is 24.3 Å². The Morgan fingerprint density at radius 1 is 1.25 bits per heavy atom. The molecule has 0 spiro atoms. The van der Waals surface area contributed by atoms with E-state index in [1.165, 1.54) is 18.3 Å². The highest BCUT2D eigenvalue weighted by Crippen LogP contribution is 2.35. The number of ketones is 1. The molecule has 0 atom stereocenters. The third-order valence-electron chi connectivity index (χ3n) is 3.83. The zero-order valence-corrected chi connectivity index (χ0v) is 15.6. The fourth-order valence-electron chi connectivity index (χ4n) is 2.67. The van der Waals surface area contributed by atoms with E-state index in [2.05, 4.69) is 20.9 Å². The third kappa shape index (κ3) is 3.01. The van der Waals surface area contributed by atoms with Gasteiger partial charge in [-0.25, -0.2) is 4.79 Å². The van der Waals surface area contributed by atoms with Gasteiger partial charge in [0.25, 0.3) is 5.56 Å². The van der Waals surface area contributed by atoms with Gasteiger partial charge in [-0.2, -0.15) is 0 Å². The maximum Gasteiger partial charge on any atom is 0.329 e. The predicted molar refractivity (Wildman–Crippen MR) is 99.9 cm³/mol. The maximum atomic E-state index is 12.9. The minimum atomic E-state index is -0.475. The van der Waals surface area contributed by atoms with E-state index in [0.29, 0.717) is 10.2 Å². The van der Waals surface area contributed by atoms with Gasteiger partial charge in [-0.1, -0.05) is 28.1 Å². The Balaban J connectivity index is 2.27. The van der Waals surface area contributed by atoms with Crippen molar-refractivity contribution in [1.82, 2.24) is 9.55 Å². The number of nitrogens with zero attached hydrogens (tertiary/aromatic N) is 1. The molecule has 0 saturated carbocycles. The highest BCUT2D eigenvalue weighted by Gasteiger charge is 2.18. The molecule has 0 aliphatic carbocycles. The van der Waals surface area contributed by atoms with Crippen LogP contribution in [0.25, 0.3) is 21.3 Å². The largest absolute Gasteiger partial charge is 0.329 e. The molecule has 0 radical (unpaired) electrons. The van der Waals surface area contributed by atoms with E-state index < -0.39 is 5.69 Å². The Bertz CT molecular complexity index is 1040. The van der Waals surface area contributed by atoms with Crippen LogP contribution in [0, 0.1) is 6.92 Å². The van der Waals surface area contributed by atoms with Crippen LogP contribution in [0.4, 0.5) is 0 Å². The number of rotatable bonds is 4. The van der Waals surface area contributed by atoms with E-state index in [9.17, 15) is 14.4 Å². The van der Waals surface area contributed by atoms with Gasteiger partial charge in [0, 0.05) is 27.9 Å². The van der Waals surface area contributed by atoms with Gasteiger partial charge in [0.15, 0.2) is 0 Å². The fourth-order valence-corrected chi connectivity index (χ4v) is 3.99. The summed E-state index contributed by atoms with van der Waals surface area (Å²) in [6.07, 6.45) is 0.158. The topological polar surface area (TPSA) is 71.9 Å². The molecule has 1 aromatic carbocycles. The number of thiophene rings is 1. The summed E-state index contributed by atoms with van der Waals surface area (Å²) in [7, 11) is 0. The lowest BCUT2D eigenvalue weighted by atomic mass is 10.0. The molecule has 2 heterocycles. The Kier molecular flexibility index (Phi) is 4.56. The third-order valence-corrected chi connectivity index (χ3v) is 5.38. The second kappa shape index (κ2) is 6.49. The van der Waals surface area contributed by atoms with Crippen molar-refractivity contribution in [3.63, 3.8) is 0 Å². The second-order valence-electron chi connectivity index (χ2n) is 5.58. The molecule has 3 aromatic rings. The summed E-state index contributed by atoms with van der Waals surface area (Å²) in [6, 6.07) is 7.70. The number of aromatic amines is 1. The van der Waals surface area contributed by atoms with Crippen molar-refractivity contribution < 1.29 is 4.79 Å². The number of aryl methyl sites for hydroxylation is 1. The zero-order chi connectivity index (χ0) is 17.4. The Labute approximate surface area is 150 Å². The van der Waals surface area contributed by atoms with Gasteiger partial charge in [0.2, 0.25) is 0 Å². The van der Waals surface area contributed by atoms with Crippen LogP contribution in [0.1, 0.15) is 18.2 Å². The Morgan fingerprint density at radius 3 is 2.54 bits per heavy atom. The summed E-state index contributed by atoms with van der Waals surface area (Å²) in [5.41, 5.74) is 0.930. The van der Waals surface area contributed by atoms with Crippen molar-refractivity contribution in [2.75, 3.05) is 0 Å². The Morgan fingerprint density at radius 2 is 1.92 bits per heavy atom. The molecule has 0 fully saturated rings. The van der Waals surface area contributed by atoms with Crippen LogP contribution in [-0.4, -0.2) is 15.3 Å². The number of halogens is 1. The van der Waals surface area contributed by atoms with E-state index in [1.807, 2.05) is 31.2 Å². The SMILES string of the molecule is CC(=O)CCn1c(=O)[nH]c2sc(C)c(-c3ccc(Br)cc3)c2c1=O. The lowest BCUT2D eigenvalue weighted by molar-refractivity contribution is -0.117. The number of H-pyrrole nitrogens is 1. The molecule has 5 nitrogen and oxygen atoms in total. The van der Waals surface area contributed by atoms with Gasteiger partial charge in [-0.15, -0.1) is 11.3 Å². The second-order valence-corrected chi connectivity index (χ2v) is 7.72. The first-order valence-electron chi connectivity index (χ1n) is 7.40. The van der Waals surface area contributed by atoms with Gasteiger partial charge in [-0.3, -0.25) is 19.1 Å². The van der Waals surface area contributed by atoms with Crippen LogP contribution in [0.5, 0.6) is 0 Å². The molecule has 24 heavy (non-hydrogen) atoms. The van der Waals surface area contributed by atoms with Crippen molar-refractivity contribution in [3.8, 4) is 11.1 Å². The van der Waals surface area contributed by atoms with Gasteiger partial charge < -0.3 is 0 Å². The molecule has 0 aliphatic heterocycles. The lowest BCUT2D eigenvalue weighted by Gasteiger charge is -2.05. The normalized spacial score (nSPS) is 11.1. The summed E-state index contributed by atoms with van der Waals surface area (Å²) >= 11 is 4.80. The van der Waals surface area contributed by atoms with Crippen molar-refractivity contribution >= 4 is 43.3 Å². The average Bonchev–Trinajstić information content (AvgIpc) is 2.83. The number of aromatic nitrogens is 2. The number of carbonyl (C=O) groups excluding carboxylic acids is 1. The standard InChI is InChI=1S/C17H15BrN2O3S/c1-9(21)7-8-20-16(22)14-13(11-3-5-12(18)6-4-11)10(2)24-15(14)19-17(20)23/h3-6H,7-8H2,1-2H3,(H,19,23). The minimum Gasteiger partial charge on any atom is -0.300 e. The molecule has 0 saturated heterocycles. The minimum absolute atomic E-state index is 0.0592. The average molecular weight is 407 g/mol. The van der Waals surface area contributed by atoms with Crippen molar-refractivity contribution in [2.45, 2.75) is 26.8 Å². The van der Waals surface area contributed by atoms with Crippen LogP contribution in [0.2, 0.25) is 0 Å². The first kappa shape index (κ1) is 16.9. The number of hydrogen-bond acceptors (Lipinski definition) is 4. The number of hydrogen-bond donors (Lipinski definition) is 1. The molecule has 124 valence electrons. The molecular weight excluding hydrogens is 392 g/mol. The first-order chi connectivity index (χ1) is 11.4. The first-order valence-corrected chi connectivity index (χ1v) is 9.01. The molecule has 0 aliphatic rings. The predicted octanol–water partition coefficient (Wildman–Crippen LogP) is 3.47. The van der Waals surface area contributed by atoms with E-state index in [4.69, 9.17) is 0 Å². The molecule has 2 aromatic heterocycles. The van der Waals surface area contributed by atoms with Crippen LogP contribution in [-0.2, 0) is 11.3 Å². The number of fused-ring (bicyclic) bond motifs is 1. The number of benzene rings is 1. The highest BCUT2D eigenvalue weighted by molar-refractivity contribution is 9.10. The smallest absolute Gasteiger partial charge is 0.300 e.